The van der Waals surface area contributed by atoms with Crippen LogP contribution in [0, 0.1) is 17.8 Å². The van der Waals surface area contributed by atoms with Crippen molar-refractivity contribution in [2.24, 2.45) is 17.8 Å². The number of benzene rings is 1. The average Bonchev–Trinajstić information content (AvgIpc) is 3.99. The van der Waals surface area contributed by atoms with Gasteiger partial charge in [0.05, 0.1) is 24.6 Å². The molecule has 50 heavy (non-hydrogen) atoms. The largest absolute Gasteiger partial charge is 0.492 e. The minimum Gasteiger partial charge on any atom is -0.492 e. The Bertz CT molecular complexity index is 1800. The lowest BCUT2D eigenvalue weighted by molar-refractivity contribution is -0.142. The second-order valence-electron chi connectivity index (χ2n) is 14.1. The molecule has 1 aromatic carbocycles. The third-order valence-electron chi connectivity index (χ3n) is 10.2. The summed E-state index contributed by atoms with van der Waals surface area (Å²) in [4.78, 5) is 60.0. The molecule has 1 saturated heterocycles. The Morgan fingerprint density at radius 1 is 1.12 bits per heavy atom. The maximum atomic E-state index is 14.3. The summed E-state index contributed by atoms with van der Waals surface area (Å²) >= 11 is 0. The molecule has 7 atom stereocenters. The van der Waals surface area contributed by atoms with Crippen LogP contribution >= 0.6 is 0 Å². The number of allylic oxidation sites excluding steroid dienone is 1. The molecule has 6 rings (SSSR count). The normalized spacial score (nSPS) is 30.9. The monoisotopic (exact) mass is 711 g/mol. The number of carboxylic acid groups (broad SMARTS) is 1. The summed E-state index contributed by atoms with van der Waals surface area (Å²) in [7, 11) is -3.90. The molecule has 2 saturated carbocycles. The van der Waals surface area contributed by atoms with Crippen LogP contribution in [0.3, 0.4) is 0 Å². The first kappa shape index (κ1) is 35.4. The smallest absolute Gasteiger partial charge is 0.405 e. The van der Waals surface area contributed by atoms with Crippen molar-refractivity contribution >= 4 is 44.6 Å². The number of carbonyl (C=O) groups excluding carboxylic acids is 3. The van der Waals surface area contributed by atoms with Crippen molar-refractivity contribution in [2.45, 2.75) is 94.7 Å². The zero-order valence-corrected chi connectivity index (χ0v) is 29.3. The van der Waals surface area contributed by atoms with Gasteiger partial charge in [0.25, 0.3) is 5.91 Å². The van der Waals surface area contributed by atoms with Gasteiger partial charge in [0, 0.05) is 23.1 Å². The molecule has 3 fully saturated rings. The second-order valence-corrected chi connectivity index (χ2v) is 16.0. The molecule has 4 amide bonds. The highest BCUT2D eigenvalue weighted by atomic mass is 32.2. The third-order valence-corrected chi connectivity index (χ3v) is 12.0. The molecule has 2 aromatic rings. The van der Waals surface area contributed by atoms with Crippen LogP contribution in [0.1, 0.15) is 65.7 Å². The summed E-state index contributed by atoms with van der Waals surface area (Å²) in [6.45, 7) is 6.10. The molecule has 3 heterocycles. The molecule has 2 aliphatic carbocycles. The first-order valence-corrected chi connectivity index (χ1v) is 18.9. The van der Waals surface area contributed by atoms with Gasteiger partial charge in [-0.3, -0.25) is 19.1 Å². The van der Waals surface area contributed by atoms with E-state index in [1.165, 1.54) is 4.90 Å². The molecular formula is C35H45N5O9S. The van der Waals surface area contributed by atoms with E-state index in [1.807, 2.05) is 57.2 Å². The molecule has 0 unspecified atom stereocenters. The second kappa shape index (κ2) is 14.1. The van der Waals surface area contributed by atoms with Gasteiger partial charge in [-0.15, -0.1) is 0 Å². The lowest BCUT2D eigenvalue weighted by atomic mass is 9.88. The Hall–Kier alpha value is -4.40. The van der Waals surface area contributed by atoms with Crippen LogP contribution in [-0.4, -0.2) is 89.4 Å². The molecule has 0 spiro atoms. The molecule has 1 aromatic heterocycles. The van der Waals surface area contributed by atoms with Crippen LogP contribution in [0.5, 0.6) is 11.6 Å². The minimum absolute atomic E-state index is 0.0178. The predicted molar refractivity (Wildman–Crippen MR) is 183 cm³/mol. The van der Waals surface area contributed by atoms with E-state index in [0.717, 1.165) is 11.8 Å². The fourth-order valence-corrected chi connectivity index (χ4v) is 8.66. The van der Waals surface area contributed by atoms with E-state index < -0.39 is 74.7 Å². The minimum atomic E-state index is -3.90. The molecular weight excluding hydrogens is 666 g/mol. The maximum Gasteiger partial charge on any atom is 0.405 e. The first-order chi connectivity index (χ1) is 23.8. The number of rotatable bonds is 8. The molecule has 4 N–H and O–H groups in total. The Balaban J connectivity index is 1.33. The summed E-state index contributed by atoms with van der Waals surface area (Å²) in [5, 5.41) is 15.8. The quantitative estimate of drug-likeness (QED) is 0.296. The zero-order chi connectivity index (χ0) is 35.8. The molecule has 270 valence electrons. The van der Waals surface area contributed by atoms with Crippen LogP contribution in [0.15, 0.2) is 42.6 Å². The molecule has 2 aliphatic heterocycles. The van der Waals surface area contributed by atoms with E-state index in [1.54, 1.807) is 6.20 Å². The van der Waals surface area contributed by atoms with Gasteiger partial charge in [0.1, 0.15) is 29.5 Å². The maximum absolute atomic E-state index is 14.3. The number of sulfonamides is 1. The van der Waals surface area contributed by atoms with Crippen molar-refractivity contribution in [2.75, 3.05) is 13.2 Å². The van der Waals surface area contributed by atoms with Crippen LogP contribution in [-0.2, 0) is 24.4 Å². The molecule has 15 heteroatoms. The van der Waals surface area contributed by atoms with Crippen LogP contribution in [0.4, 0.5) is 4.79 Å². The topological polar surface area (TPSA) is 193 Å². The summed E-state index contributed by atoms with van der Waals surface area (Å²) in [6, 6.07) is 5.11. The summed E-state index contributed by atoms with van der Waals surface area (Å²) in [5.41, 5.74) is -1.52. The Kier molecular flexibility index (Phi) is 9.98. The number of carbonyl (C=O) groups is 4. The summed E-state index contributed by atoms with van der Waals surface area (Å²) < 4.78 is 39.9. The predicted octanol–water partition coefficient (Wildman–Crippen LogP) is 3.11. The van der Waals surface area contributed by atoms with Gasteiger partial charge in [0.15, 0.2) is 0 Å². The van der Waals surface area contributed by atoms with Crippen LogP contribution < -0.4 is 24.8 Å². The standard InChI is InChI=1S/C35H45N5O9S/c1-4-48-28-18-36-31(26-12-8-7-11-25(26)28)49-23-16-27-30(41)38-35(33(43)39-50(46,47)24-13-14-24)17-22(35)10-6-5-9-20(2)15-21(3)29(37-34(44)45)32(42)40(27)19-23/h6-8,10-12,18,20-24,27,29,37H,4-5,9,13-17,19H2,1-3H3,(H,38,41)(H,39,43)(H,44,45)/b10-6-/t20-,21-,22-,23-,27+,29+,35-/m1/s1. The zero-order valence-electron chi connectivity index (χ0n) is 28.5. The number of aromatic nitrogens is 1. The Labute approximate surface area is 291 Å². The number of hydrogen-bond donors (Lipinski definition) is 4. The number of amides is 4. The Morgan fingerprint density at radius 3 is 2.56 bits per heavy atom. The Morgan fingerprint density at radius 2 is 1.86 bits per heavy atom. The van der Waals surface area contributed by atoms with Crippen molar-refractivity contribution in [3.05, 3.63) is 42.6 Å². The van der Waals surface area contributed by atoms with Gasteiger partial charge in [-0.2, -0.15) is 0 Å². The third kappa shape index (κ3) is 7.37. The van der Waals surface area contributed by atoms with Crippen molar-refractivity contribution in [3.8, 4) is 11.6 Å². The SMILES string of the molecule is CCOc1cnc(O[C@@H]2C[C@H]3C(=O)N[C@]4(C(=O)NS(=O)(=O)C5CC5)C[C@H]4/C=C\CC[C@@H](C)C[C@@H](C)[C@H](NC(=O)O)C(=O)N3C2)c2ccccc12. The molecule has 0 radical (unpaired) electrons. The van der Waals surface area contributed by atoms with E-state index in [9.17, 15) is 32.7 Å². The van der Waals surface area contributed by atoms with E-state index in [-0.39, 0.29) is 31.2 Å². The van der Waals surface area contributed by atoms with Gasteiger partial charge < -0.3 is 30.1 Å². The van der Waals surface area contributed by atoms with E-state index in [2.05, 4.69) is 20.3 Å². The number of nitrogens with zero attached hydrogens (tertiary/aromatic N) is 2. The van der Waals surface area contributed by atoms with Gasteiger partial charge in [-0.1, -0.05) is 44.2 Å². The molecule has 14 nitrogen and oxygen atoms in total. The molecule has 0 bridgehead atoms. The first-order valence-electron chi connectivity index (χ1n) is 17.3. The van der Waals surface area contributed by atoms with Crippen LogP contribution in [0.25, 0.3) is 10.8 Å². The van der Waals surface area contributed by atoms with Gasteiger partial charge in [0.2, 0.25) is 27.7 Å². The van der Waals surface area contributed by atoms with Crippen LogP contribution in [0.2, 0.25) is 0 Å². The highest BCUT2D eigenvalue weighted by Gasteiger charge is 2.62. The van der Waals surface area contributed by atoms with E-state index in [4.69, 9.17) is 9.47 Å². The van der Waals surface area contributed by atoms with E-state index in [0.29, 0.717) is 43.4 Å². The number of pyridine rings is 1. The van der Waals surface area contributed by atoms with Crippen molar-refractivity contribution in [1.82, 2.24) is 25.2 Å². The summed E-state index contributed by atoms with van der Waals surface area (Å²) in [6.07, 6.45) is 6.33. The van der Waals surface area contributed by atoms with Gasteiger partial charge in [-0.25, -0.2) is 18.2 Å². The average molecular weight is 712 g/mol. The van der Waals surface area contributed by atoms with Gasteiger partial charge >= 0.3 is 6.09 Å². The number of ether oxygens (including phenoxy) is 2. The number of fused-ring (bicyclic) bond motifs is 3. The lowest BCUT2D eigenvalue weighted by Crippen LogP contribution is -2.59. The highest BCUT2D eigenvalue weighted by molar-refractivity contribution is 7.91. The van der Waals surface area contributed by atoms with Crippen molar-refractivity contribution in [1.29, 1.82) is 0 Å². The van der Waals surface area contributed by atoms with Crippen molar-refractivity contribution < 1.29 is 42.2 Å². The fourth-order valence-electron chi connectivity index (χ4n) is 7.29. The summed E-state index contributed by atoms with van der Waals surface area (Å²) in [5.74, 6) is -1.91. The highest BCUT2D eigenvalue weighted by Crippen LogP contribution is 2.46. The van der Waals surface area contributed by atoms with Gasteiger partial charge in [-0.05, 0) is 63.4 Å². The number of hydrogen-bond acceptors (Lipinski definition) is 9. The van der Waals surface area contributed by atoms with E-state index >= 15 is 0 Å². The van der Waals surface area contributed by atoms with Crippen molar-refractivity contribution in [3.63, 3.8) is 0 Å². The number of nitrogens with one attached hydrogen (secondary N) is 3. The molecule has 4 aliphatic rings. The fraction of sp³-hybridized carbons (Fsp3) is 0.571. The lowest BCUT2D eigenvalue weighted by Gasteiger charge is -2.32.